The van der Waals surface area contributed by atoms with Crippen LogP contribution in [-0.2, 0) is 28.5 Å². The molecule has 1 rings (SSSR count). The fraction of sp³-hybridized carbons (Fsp3) is 0.889. The van der Waals surface area contributed by atoms with Crippen LogP contribution in [0.25, 0.3) is 0 Å². The van der Waals surface area contributed by atoms with Gasteiger partial charge in [0, 0.05) is 13.0 Å². The number of hydrogen-bond acceptors (Lipinski definition) is 10. The molecule has 1 aliphatic heterocycles. The lowest BCUT2D eigenvalue weighted by Crippen LogP contribution is -2.56. The summed E-state index contributed by atoms with van der Waals surface area (Å²) in [6.07, 6.45) is -4.09. The van der Waals surface area contributed by atoms with Crippen molar-refractivity contribution in [2.45, 2.75) is 50.0 Å². The highest BCUT2D eigenvalue weighted by molar-refractivity contribution is 5.57. The molecule has 0 radical (unpaired) electrons. The van der Waals surface area contributed by atoms with E-state index in [1.807, 2.05) is 6.92 Å². The van der Waals surface area contributed by atoms with Gasteiger partial charge in [0.25, 0.3) is 0 Å². The number of carbonyl (C=O) groups is 2. The van der Waals surface area contributed by atoms with Gasteiger partial charge in [0.2, 0.25) is 0 Å². The van der Waals surface area contributed by atoms with Crippen LogP contribution in [0.1, 0.15) is 13.3 Å². The van der Waals surface area contributed by atoms with Crippen molar-refractivity contribution >= 4 is 12.6 Å². The van der Waals surface area contributed by atoms with Crippen LogP contribution in [0.4, 0.5) is 0 Å². The molecule has 0 bridgehead atoms. The second-order valence-corrected chi connectivity index (χ2v) is 6.77. The summed E-state index contributed by atoms with van der Waals surface area (Å²) in [5, 5.41) is 39.3. The molecule has 0 aromatic heterocycles. The average Bonchev–Trinajstić information content (AvgIpc) is 2.71. The zero-order valence-electron chi connectivity index (χ0n) is 16.3. The molecule has 28 heavy (non-hydrogen) atoms. The van der Waals surface area contributed by atoms with E-state index in [0.29, 0.717) is 19.0 Å². The lowest BCUT2D eigenvalue weighted by atomic mass is 9.85. The van der Waals surface area contributed by atoms with E-state index in [1.54, 1.807) is 0 Å². The van der Waals surface area contributed by atoms with Gasteiger partial charge in [-0.3, -0.25) is 0 Å². The maximum Gasteiger partial charge on any atom is 0.151 e. The quantitative estimate of drug-likeness (QED) is 0.236. The number of hydrogen-bond donors (Lipinski definition) is 4. The van der Waals surface area contributed by atoms with Crippen molar-refractivity contribution in [3.05, 3.63) is 0 Å². The maximum atomic E-state index is 11.4. The summed E-state index contributed by atoms with van der Waals surface area (Å²) in [6.45, 7) is 0.701. The van der Waals surface area contributed by atoms with Crippen molar-refractivity contribution in [3.8, 4) is 0 Å². The predicted octanol–water partition coefficient (Wildman–Crippen LogP) is -2.08. The van der Waals surface area contributed by atoms with Gasteiger partial charge in [0.1, 0.15) is 24.6 Å². The third kappa shape index (κ3) is 6.82. The second-order valence-electron chi connectivity index (χ2n) is 6.77. The fourth-order valence-electron chi connectivity index (χ4n) is 3.25. The number of rotatable bonds is 14. The van der Waals surface area contributed by atoms with Gasteiger partial charge in [-0.25, -0.2) is 0 Å². The zero-order chi connectivity index (χ0) is 21.1. The molecule has 4 N–H and O–H groups in total. The Hall–Kier alpha value is -0.980. The zero-order valence-corrected chi connectivity index (χ0v) is 16.3. The molecular weight excluding hydrogens is 376 g/mol. The molecule has 164 valence electrons. The highest BCUT2D eigenvalue weighted by Crippen LogP contribution is 2.28. The molecule has 0 aliphatic carbocycles. The number of carbonyl (C=O) groups excluding carboxylic acids is 2. The third-order valence-electron chi connectivity index (χ3n) is 4.90. The molecule has 1 aliphatic rings. The first-order chi connectivity index (χ1) is 13.5. The summed E-state index contributed by atoms with van der Waals surface area (Å²) in [4.78, 5) is 22.3. The van der Waals surface area contributed by atoms with Crippen LogP contribution in [0.2, 0.25) is 0 Å². The van der Waals surface area contributed by atoms with E-state index < -0.39 is 55.1 Å². The lowest BCUT2D eigenvalue weighted by molar-refractivity contribution is -0.222. The molecule has 0 amide bonds. The highest BCUT2D eigenvalue weighted by atomic mass is 16.6. The molecule has 0 aromatic rings. The Kier molecular flexibility index (Phi) is 11.9. The molecule has 10 nitrogen and oxygen atoms in total. The molecule has 0 saturated carbocycles. The van der Waals surface area contributed by atoms with Gasteiger partial charge in [-0.1, -0.05) is 6.92 Å². The van der Waals surface area contributed by atoms with Crippen molar-refractivity contribution in [1.29, 1.82) is 0 Å². The number of ether oxygens (including phenoxy) is 4. The Morgan fingerprint density at radius 1 is 1.07 bits per heavy atom. The van der Waals surface area contributed by atoms with Crippen molar-refractivity contribution < 1.29 is 49.0 Å². The third-order valence-corrected chi connectivity index (χ3v) is 4.90. The summed E-state index contributed by atoms with van der Waals surface area (Å²) in [5.74, 6) is -1.26. The minimum Gasteiger partial charge on any atom is -0.394 e. The summed E-state index contributed by atoms with van der Waals surface area (Å²) in [7, 11) is 1.39. The molecular formula is C18H32O10. The van der Waals surface area contributed by atoms with E-state index in [1.165, 1.54) is 7.11 Å². The fourth-order valence-corrected chi connectivity index (χ4v) is 3.25. The van der Waals surface area contributed by atoms with Gasteiger partial charge in [0.05, 0.1) is 57.3 Å². The number of methoxy groups -OCH3 is 1. The van der Waals surface area contributed by atoms with Crippen LogP contribution in [0, 0.1) is 11.8 Å². The predicted molar refractivity (Wildman–Crippen MR) is 95.6 cm³/mol. The Morgan fingerprint density at radius 3 is 2.29 bits per heavy atom. The average molecular weight is 408 g/mol. The molecule has 8 atom stereocenters. The van der Waals surface area contributed by atoms with E-state index in [0.717, 1.165) is 0 Å². The van der Waals surface area contributed by atoms with Crippen LogP contribution >= 0.6 is 0 Å². The standard InChI is InChI=1S/C18H32O10/c1-3-13-15(7-22)28-16(18(24)17(13)23)10-26-8-11(4-19)14(6-21)27-12(5-20)9-25-2/h4-5,11-18,21-24H,3,6-10H2,1-2H3/t11-,12-,13-,14?,15?,16-,17-,18?/m0/s1. The van der Waals surface area contributed by atoms with Gasteiger partial charge in [-0.15, -0.1) is 0 Å². The summed E-state index contributed by atoms with van der Waals surface area (Å²) < 4.78 is 21.3. The SMILES string of the molecule is CC[C@H]1C(CO)O[C@@H](COC[C@H](C=O)C(CO)O[C@@H](C=O)COC)C(O)[C@H]1O. The molecule has 10 heteroatoms. The van der Waals surface area contributed by atoms with Gasteiger partial charge < -0.3 is 49.0 Å². The van der Waals surface area contributed by atoms with Gasteiger partial charge >= 0.3 is 0 Å². The van der Waals surface area contributed by atoms with Crippen LogP contribution < -0.4 is 0 Å². The van der Waals surface area contributed by atoms with Crippen molar-refractivity contribution in [2.75, 3.05) is 40.1 Å². The Morgan fingerprint density at radius 2 is 1.79 bits per heavy atom. The minimum atomic E-state index is -1.20. The largest absolute Gasteiger partial charge is 0.394 e. The van der Waals surface area contributed by atoms with Crippen molar-refractivity contribution in [1.82, 2.24) is 0 Å². The highest BCUT2D eigenvalue weighted by Gasteiger charge is 2.43. The topological polar surface area (TPSA) is 152 Å². The number of aldehydes is 2. The summed E-state index contributed by atoms with van der Waals surface area (Å²) in [6, 6.07) is 0. The van der Waals surface area contributed by atoms with Crippen LogP contribution in [0.15, 0.2) is 0 Å². The van der Waals surface area contributed by atoms with Crippen LogP contribution in [-0.4, -0.2) is 110 Å². The van der Waals surface area contributed by atoms with Gasteiger partial charge in [0.15, 0.2) is 6.29 Å². The van der Waals surface area contributed by atoms with Crippen molar-refractivity contribution in [3.63, 3.8) is 0 Å². The first-order valence-electron chi connectivity index (χ1n) is 9.33. The maximum absolute atomic E-state index is 11.4. The van der Waals surface area contributed by atoms with E-state index >= 15 is 0 Å². The molecule has 0 spiro atoms. The molecule has 0 aromatic carbocycles. The Labute approximate surface area is 164 Å². The molecule has 3 unspecified atom stereocenters. The van der Waals surface area contributed by atoms with E-state index in [-0.39, 0.29) is 26.4 Å². The summed E-state index contributed by atoms with van der Waals surface area (Å²) >= 11 is 0. The Balaban J connectivity index is 2.60. The van der Waals surface area contributed by atoms with Crippen LogP contribution in [0.3, 0.4) is 0 Å². The molecule has 1 fully saturated rings. The first kappa shape index (κ1) is 25.1. The molecule has 1 heterocycles. The second kappa shape index (κ2) is 13.3. The van der Waals surface area contributed by atoms with Gasteiger partial charge in [-0.2, -0.15) is 0 Å². The van der Waals surface area contributed by atoms with Gasteiger partial charge in [-0.05, 0) is 6.42 Å². The smallest absolute Gasteiger partial charge is 0.151 e. The lowest BCUT2D eigenvalue weighted by Gasteiger charge is -2.42. The van der Waals surface area contributed by atoms with E-state index in [4.69, 9.17) is 18.9 Å². The van der Waals surface area contributed by atoms with Crippen LogP contribution in [0.5, 0.6) is 0 Å². The minimum absolute atomic E-state index is 0.0203. The summed E-state index contributed by atoms with van der Waals surface area (Å²) in [5.41, 5.74) is 0. The van der Waals surface area contributed by atoms with E-state index in [2.05, 4.69) is 0 Å². The van der Waals surface area contributed by atoms with E-state index in [9.17, 15) is 30.0 Å². The van der Waals surface area contributed by atoms with Crippen molar-refractivity contribution in [2.24, 2.45) is 11.8 Å². The Bertz CT molecular complexity index is 446. The monoisotopic (exact) mass is 408 g/mol. The number of aliphatic hydroxyl groups is 4. The normalized spacial score (nSPS) is 31.1. The number of aliphatic hydroxyl groups excluding tert-OH is 4. The first-order valence-corrected chi connectivity index (χ1v) is 9.33. The molecule has 1 saturated heterocycles.